The van der Waals surface area contributed by atoms with Gasteiger partial charge in [-0.15, -0.1) is 11.3 Å². The van der Waals surface area contributed by atoms with Crippen LogP contribution in [0.2, 0.25) is 0 Å². The third-order valence-electron chi connectivity index (χ3n) is 9.65. The van der Waals surface area contributed by atoms with Crippen molar-refractivity contribution in [3.63, 3.8) is 0 Å². The Morgan fingerprint density at radius 2 is 0.920 bits per heavy atom. The molecule has 0 amide bonds. The van der Waals surface area contributed by atoms with Crippen molar-refractivity contribution in [1.29, 1.82) is 0 Å². The molecule has 3 nitrogen and oxygen atoms in total. The Morgan fingerprint density at radius 3 is 1.56 bits per heavy atom. The fourth-order valence-electron chi connectivity index (χ4n) is 7.23. The minimum absolute atomic E-state index is 0.648. The molecule has 0 spiro atoms. The van der Waals surface area contributed by atoms with Gasteiger partial charge in [0.1, 0.15) is 0 Å². The third kappa shape index (κ3) is 4.73. The SMILES string of the molecule is c1ccc(-c2ccc3c4ccc(-c5ccccc5)cc4n(-c4nc(-c5ccccc5)cc(-c5cccc6c5sc5ccccc56)n4)c3c2)cc1. The Bertz CT molecular complexity index is 2760. The van der Waals surface area contributed by atoms with E-state index in [1.165, 1.54) is 42.1 Å². The van der Waals surface area contributed by atoms with Gasteiger partial charge in [-0.1, -0.05) is 152 Å². The average Bonchev–Trinajstić information content (AvgIpc) is 3.74. The summed E-state index contributed by atoms with van der Waals surface area (Å²) in [5, 5.41) is 4.86. The van der Waals surface area contributed by atoms with Crippen molar-refractivity contribution in [3.05, 3.63) is 176 Å². The zero-order chi connectivity index (χ0) is 33.0. The van der Waals surface area contributed by atoms with E-state index in [-0.39, 0.29) is 0 Å². The monoisotopic (exact) mass is 655 g/mol. The van der Waals surface area contributed by atoms with E-state index in [9.17, 15) is 0 Å². The van der Waals surface area contributed by atoms with Gasteiger partial charge in [-0.3, -0.25) is 4.57 Å². The summed E-state index contributed by atoms with van der Waals surface area (Å²) in [6, 6.07) is 62.5. The number of nitrogens with zero attached hydrogens (tertiary/aromatic N) is 3. The summed E-state index contributed by atoms with van der Waals surface area (Å²) in [6.07, 6.45) is 0. The molecule has 3 aromatic heterocycles. The molecular formula is C46H29N3S. The van der Waals surface area contributed by atoms with E-state index in [1.807, 2.05) is 17.4 Å². The summed E-state index contributed by atoms with van der Waals surface area (Å²) >= 11 is 1.83. The Kier molecular flexibility index (Phi) is 6.68. The lowest BCUT2D eigenvalue weighted by atomic mass is 10.0. The number of thiophene rings is 1. The lowest BCUT2D eigenvalue weighted by Crippen LogP contribution is -2.04. The molecule has 0 fully saturated rings. The van der Waals surface area contributed by atoms with Crippen LogP contribution in [0.15, 0.2) is 176 Å². The maximum Gasteiger partial charge on any atom is 0.235 e. The summed E-state index contributed by atoms with van der Waals surface area (Å²) in [6.45, 7) is 0. The number of aromatic nitrogens is 3. The van der Waals surface area contributed by atoms with Crippen molar-refractivity contribution in [2.45, 2.75) is 0 Å². The zero-order valence-corrected chi connectivity index (χ0v) is 27.8. The number of rotatable bonds is 5. The molecule has 0 aliphatic carbocycles. The van der Waals surface area contributed by atoms with E-state index in [4.69, 9.17) is 9.97 Å². The number of fused-ring (bicyclic) bond motifs is 6. The van der Waals surface area contributed by atoms with Crippen LogP contribution in [0.1, 0.15) is 0 Å². The summed E-state index contributed by atoms with van der Waals surface area (Å²) in [5.74, 6) is 0.648. The molecule has 0 aliphatic heterocycles. The molecular weight excluding hydrogens is 627 g/mol. The first-order chi connectivity index (χ1) is 24.8. The van der Waals surface area contributed by atoms with Crippen LogP contribution in [0.3, 0.4) is 0 Å². The van der Waals surface area contributed by atoms with Gasteiger partial charge in [0.05, 0.1) is 22.4 Å². The molecule has 10 rings (SSSR count). The maximum absolute atomic E-state index is 5.46. The molecule has 0 aliphatic rings. The van der Waals surface area contributed by atoms with Crippen LogP contribution in [0, 0.1) is 0 Å². The van der Waals surface area contributed by atoms with Gasteiger partial charge >= 0.3 is 0 Å². The second-order valence-electron chi connectivity index (χ2n) is 12.6. The second kappa shape index (κ2) is 11.7. The van der Waals surface area contributed by atoms with Gasteiger partial charge < -0.3 is 0 Å². The normalized spacial score (nSPS) is 11.6. The van der Waals surface area contributed by atoms with Crippen molar-refractivity contribution in [2.24, 2.45) is 0 Å². The van der Waals surface area contributed by atoms with Crippen molar-refractivity contribution >= 4 is 53.3 Å². The molecule has 0 radical (unpaired) electrons. The first-order valence-corrected chi connectivity index (χ1v) is 17.6. The third-order valence-corrected chi connectivity index (χ3v) is 10.9. The van der Waals surface area contributed by atoms with E-state index in [2.05, 4.69) is 174 Å². The Balaban J connectivity index is 1.30. The molecule has 10 aromatic rings. The highest BCUT2D eigenvalue weighted by atomic mass is 32.1. The highest BCUT2D eigenvalue weighted by Gasteiger charge is 2.20. The van der Waals surface area contributed by atoms with Crippen LogP contribution in [-0.2, 0) is 0 Å². The topological polar surface area (TPSA) is 30.7 Å². The van der Waals surface area contributed by atoms with E-state index in [0.29, 0.717) is 5.95 Å². The molecule has 0 N–H and O–H groups in total. The summed E-state index contributed by atoms with van der Waals surface area (Å²) < 4.78 is 4.78. The number of benzene rings is 7. The van der Waals surface area contributed by atoms with Crippen LogP contribution in [0.4, 0.5) is 0 Å². The lowest BCUT2D eigenvalue weighted by molar-refractivity contribution is 0.996. The smallest absolute Gasteiger partial charge is 0.235 e. The van der Waals surface area contributed by atoms with Gasteiger partial charge in [0.25, 0.3) is 0 Å². The van der Waals surface area contributed by atoms with Crippen molar-refractivity contribution in [1.82, 2.24) is 14.5 Å². The fraction of sp³-hybridized carbons (Fsp3) is 0. The molecule has 0 saturated heterocycles. The molecule has 0 unspecified atom stereocenters. The molecule has 50 heavy (non-hydrogen) atoms. The van der Waals surface area contributed by atoms with Crippen molar-refractivity contribution in [2.75, 3.05) is 0 Å². The largest absolute Gasteiger partial charge is 0.278 e. The first-order valence-electron chi connectivity index (χ1n) is 16.8. The quantitative estimate of drug-likeness (QED) is 0.185. The van der Waals surface area contributed by atoms with Crippen LogP contribution >= 0.6 is 11.3 Å². The molecule has 0 atom stereocenters. The Morgan fingerprint density at radius 1 is 0.380 bits per heavy atom. The second-order valence-corrected chi connectivity index (χ2v) is 13.7. The summed E-state index contributed by atoms with van der Waals surface area (Å²) in [7, 11) is 0. The minimum atomic E-state index is 0.648. The van der Waals surface area contributed by atoms with Crippen molar-refractivity contribution < 1.29 is 0 Å². The first kappa shape index (κ1) is 28.6. The highest BCUT2D eigenvalue weighted by molar-refractivity contribution is 7.26. The zero-order valence-electron chi connectivity index (χ0n) is 27.0. The summed E-state index contributed by atoms with van der Waals surface area (Å²) in [5.41, 5.74) is 10.7. The van der Waals surface area contributed by atoms with Gasteiger partial charge in [0.15, 0.2) is 0 Å². The van der Waals surface area contributed by atoms with E-state index >= 15 is 0 Å². The fourth-order valence-corrected chi connectivity index (χ4v) is 8.46. The van der Waals surface area contributed by atoms with Crippen LogP contribution < -0.4 is 0 Å². The van der Waals surface area contributed by atoms with E-state index < -0.39 is 0 Å². The molecule has 234 valence electrons. The van der Waals surface area contributed by atoms with Crippen LogP contribution in [0.25, 0.3) is 92.7 Å². The van der Waals surface area contributed by atoms with E-state index in [0.717, 1.165) is 44.7 Å². The average molecular weight is 656 g/mol. The van der Waals surface area contributed by atoms with Gasteiger partial charge in [-0.2, -0.15) is 0 Å². The molecule has 7 aromatic carbocycles. The van der Waals surface area contributed by atoms with Gasteiger partial charge in [-0.05, 0) is 46.5 Å². The number of hydrogen-bond donors (Lipinski definition) is 0. The van der Waals surface area contributed by atoms with Crippen molar-refractivity contribution in [3.8, 4) is 50.7 Å². The van der Waals surface area contributed by atoms with Crippen LogP contribution in [-0.4, -0.2) is 14.5 Å². The van der Waals surface area contributed by atoms with Gasteiger partial charge in [-0.25, -0.2) is 9.97 Å². The predicted octanol–water partition coefficient (Wildman–Crippen LogP) is 12.6. The molecule has 3 heterocycles. The number of hydrogen-bond acceptors (Lipinski definition) is 3. The highest BCUT2D eigenvalue weighted by Crippen LogP contribution is 2.41. The van der Waals surface area contributed by atoms with Crippen LogP contribution in [0.5, 0.6) is 0 Å². The maximum atomic E-state index is 5.46. The molecule has 0 bridgehead atoms. The summed E-state index contributed by atoms with van der Waals surface area (Å²) in [4.78, 5) is 10.8. The molecule has 4 heteroatoms. The lowest BCUT2D eigenvalue weighted by Gasteiger charge is -2.13. The van der Waals surface area contributed by atoms with Gasteiger partial charge in [0, 0.05) is 42.1 Å². The predicted molar refractivity (Wildman–Crippen MR) is 211 cm³/mol. The Hall–Kier alpha value is -6.36. The molecule has 0 saturated carbocycles. The van der Waals surface area contributed by atoms with E-state index in [1.54, 1.807) is 0 Å². The van der Waals surface area contributed by atoms with Gasteiger partial charge in [0.2, 0.25) is 5.95 Å². The Labute approximate surface area is 293 Å². The standard InChI is InChI=1S/C46H29N3S/c1-4-13-30(14-5-1)33-23-25-35-36-26-24-34(31-15-6-2-7-16-31)28-43(36)49(42(35)27-33)46-47-40(32-17-8-3-9-18-32)29-41(48-46)39-21-12-20-38-37-19-10-11-22-44(37)50-45(38)39/h1-29H. The minimum Gasteiger partial charge on any atom is -0.278 e.